The minimum atomic E-state index is -0.152. The lowest BCUT2D eigenvalue weighted by molar-refractivity contribution is -0.128. The summed E-state index contributed by atoms with van der Waals surface area (Å²) in [6, 6.07) is 0.0267. The van der Waals surface area contributed by atoms with Crippen LogP contribution in [0, 0.1) is 11.8 Å². The summed E-state index contributed by atoms with van der Waals surface area (Å²) in [5.41, 5.74) is 0. The Hall–Kier alpha value is -1.60. The number of urea groups is 1. The Kier molecular flexibility index (Phi) is 5.96. The van der Waals surface area contributed by atoms with Gasteiger partial charge in [0.25, 0.3) is 0 Å². The molecule has 0 aliphatic carbocycles. The molecule has 0 aromatic rings. The maximum Gasteiger partial charge on any atom is 0.317 e. The number of likely N-dealkylation sites (N-methyl/N-ethyl adjacent to an activating group) is 1. The first-order valence-corrected chi connectivity index (χ1v) is 9.33. The van der Waals surface area contributed by atoms with Crippen LogP contribution in [0.3, 0.4) is 0 Å². The van der Waals surface area contributed by atoms with Gasteiger partial charge in [0.05, 0.1) is 0 Å². The van der Waals surface area contributed by atoms with Crippen molar-refractivity contribution in [2.45, 2.75) is 38.0 Å². The van der Waals surface area contributed by atoms with Crippen molar-refractivity contribution in [3.63, 3.8) is 0 Å². The Bertz CT molecular complexity index is 514. The van der Waals surface area contributed by atoms with Gasteiger partial charge in [0, 0.05) is 44.3 Å². The van der Waals surface area contributed by atoms with Crippen LogP contribution in [-0.2, 0) is 9.53 Å². The predicted octanol–water partition coefficient (Wildman–Crippen LogP) is 0.777. The molecule has 140 valence electrons. The molecule has 0 aromatic carbocycles. The van der Waals surface area contributed by atoms with Gasteiger partial charge >= 0.3 is 6.03 Å². The molecule has 3 amide bonds. The number of piperidine rings is 1. The third kappa shape index (κ3) is 4.52. The molecular weight excluding hydrogens is 320 g/mol. The molecule has 3 fully saturated rings. The molecule has 0 aromatic heterocycles. The number of hydrogen-bond donors (Lipinski definition) is 2. The lowest BCUT2D eigenvalue weighted by atomic mass is 9.77. The second kappa shape index (κ2) is 8.19. The van der Waals surface area contributed by atoms with Crippen molar-refractivity contribution in [1.82, 2.24) is 20.4 Å². The molecule has 0 bridgehead atoms. The van der Waals surface area contributed by atoms with Crippen LogP contribution in [0.15, 0.2) is 12.2 Å². The number of rotatable bonds is 4. The zero-order chi connectivity index (χ0) is 17.8. The van der Waals surface area contributed by atoms with Crippen molar-refractivity contribution in [2.24, 2.45) is 11.8 Å². The van der Waals surface area contributed by atoms with E-state index in [0.717, 1.165) is 51.9 Å². The van der Waals surface area contributed by atoms with Crippen LogP contribution in [0.5, 0.6) is 0 Å². The molecule has 0 unspecified atom stereocenters. The minimum absolute atomic E-state index is 0.0912. The van der Waals surface area contributed by atoms with E-state index < -0.39 is 0 Å². The topological polar surface area (TPSA) is 73.9 Å². The minimum Gasteiger partial charge on any atom is -0.358 e. The zero-order valence-electron chi connectivity index (χ0n) is 15.2. The van der Waals surface area contributed by atoms with Crippen LogP contribution in [-0.4, -0.2) is 74.3 Å². The maximum atomic E-state index is 12.3. The van der Waals surface area contributed by atoms with Gasteiger partial charge in [-0.3, -0.25) is 4.79 Å². The number of fused-ring (bicyclic) bond motifs is 1. The van der Waals surface area contributed by atoms with Crippen LogP contribution in [0.2, 0.25) is 0 Å². The molecule has 3 aliphatic rings. The van der Waals surface area contributed by atoms with E-state index in [2.05, 4.69) is 10.6 Å². The highest BCUT2D eigenvalue weighted by atomic mass is 16.5. The largest absolute Gasteiger partial charge is 0.358 e. The zero-order valence-corrected chi connectivity index (χ0v) is 15.2. The Morgan fingerprint density at radius 1 is 1.28 bits per heavy atom. The van der Waals surface area contributed by atoms with Crippen molar-refractivity contribution >= 4 is 11.9 Å². The Labute approximate surface area is 149 Å². The average molecular weight is 350 g/mol. The number of nitrogens with one attached hydrogen (secondary N) is 2. The summed E-state index contributed by atoms with van der Waals surface area (Å²) < 4.78 is 5.75. The summed E-state index contributed by atoms with van der Waals surface area (Å²) in [6.45, 7) is 3.01. The van der Waals surface area contributed by atoms with E-state index in [1.165, 1.54) is 0 Å². The van der Waals surface area contributed by atoms with E-state index >= 15 is 0 Å². The summed E-state index contributed by atoms with van der Waals surface area (Å²) in [5, 5.41) is 6.02. The molecule has 25 heavy (non-hydrogen) atoms. The molecule has 3 saturated heterocycles. The maximum absolute atomic E-state index is 12.3. The summed E-state index contributed by atoms with van der Waals surface area (Å²) >= 11 is 0. The predicted molar refractivity (Wildman–Crippen MR) is 94.9 cm³/mol. The van der Waals surface area contributed by atoms with Crippen molar-refractivity contribution in [1.29, 1.82) is 0 Å². The molecule has 7 nitrogen and oxygen atoms in total. The SMILES string of the molecule is CN(C)C/C=C/C(=O)N1CCC([C@@H]2NC(=O)N[C@H]3OCCC[C@H]32)CC1. The summed E-state index contributed by atoms with van der Waals surface area (Å²) in [4.78, 5) is 28.1. The van der Waals surface area contributed by atoms with Crippen molar-refractivity contribution < 1.29 is 14.3 Å². The molecule has 3 rings (SSSR count). The van der Waals surface area contributed by atoms with E-state index in [1.54, 1.807) is 6.08 Å². The molecule has 0 radical (unpaired) electrons. The molecular formula is C18H30N4O3. The van der Waals surface area contributed by atoms with Crippen LogP contribution in [0.1, 0.15) is 25.7 Å². The Morgan fingerprint density at radius 2 is 2.04 bits per heavy atom. The highest BCUT2D eigenvalue weighted by molar-refractivity contribution is 5.87. The lowest BCUT2D eigenvalue weighted by Gasteiger charge is -2.46. The highest BCUT2D eigenvalue weighted by Gasteiger charge is 2.43. The first kappa shape index (κ1) is 18.2. The molecule has 7 heteroatoms. The van der Waals surface area contributed by atoms with E-state index in [9.17, 15) is 9.59 Å². The summed E-state index contributed by atoms with van der Waals surface area (Å²) in [6.07, 6.45) is 7.42. The van der Waals surface area contributed by atoms with Gasteiger partial charge in [-0.05, 0) is 45.7 Å². The van der Waals surface area contributed by atoms with Crippen LogP contribution >= 0.6 is 0 Å². The average Bonchev–Trinajstić information content (AvgIpc) is 2.60. The number of likely N-dealkylation sites (tertiary alicyclic amines) is 1. The van der Waals surface area contributed by atoms with Gasteiger partial charge in [-0.25, -0.2) is 4.79 Å². The fraction of sp³-hybridized carbons (Fsp3) is 0.778. The van der Waals surface area contributed by atoms with Crippen LogP contribution < -0.4 is 10.6 Å². The monoisotopic (exact) mass is 350 g/mol. The van der Waals surface area contributed by atoms with E-state index in [0.29, 0.717) is 11.8 Å². The number of ether oxygens (including phenoxy) is 1. The second-order valence-electron chi connectivity index (χ2n) is 7.57. The van der Waals surface area contributed by atoms with Crippen LogP contribution in [0.4, 0.5) is 4.79 Å². The van der Waals surface area contributed by atoms with Crippen molar-refractivity contribution in [3.05, 3.63) is 12.2 Å². The number of nitrogens with zero attached hydrogens (tertiary/aromatic N) is 2. The summed E-state index contributed by atoms with van der Waals surface area (Å²) in [7, 11) is 3.96. The normalized spacial score (nSPS) is 30.9. The quantitative estimate of drug-likeness (QED) is 0.735. The van der Waals surface area contributed by atoms with Crippen molar-refractivity contribution in [2.75, 3.05) is 40.3 Å². The second-order valence-corrected chi connectivity index (χ2v) is 7.57. The van der Waals surface area contributed by atoms with Gasteiger partial charge in [0.1, 0.15) is 6.23 Å². The first-order chi connectivity index (χ1) is 12.0. The van der Waals surface area contributed by atoms with Gasteiger partial charge in [-0.15, -0.1) is 0 Å². The number of amides is 3. The number of hydrogen-bond acceptors (Lipinski definition) is 4. The number of carbonyl (C=O) groups is 2. The molecule has 0 saturated carbocycles. The van der Waals surface area contributed by atoms with Crippen LogP contribution in [0.25, 0.3) is 0 Å². The molecule has 0 spiro atoms. The Balaban J connectivity index is 1.53. The standard InChI is InChI=1S/C18H30N4O3/c1-21(2)9-3-6-15(23)22-10-7-13(8-11-22)16-14-5-4-12-25-17(14)20-18(24)19-16/h3,6,13-14,16-17H,4-5,7-12H2,1-2H3,(H2,19,20,24)/b6-3+/t14-,16-,17-/m0/s1. The van der Waals surface area contributed by atoms with Gasteiger partial charge < -0.3 is 25.2 Å². The molecule has 3 atom stereocenters. The van der Waals surface area contributed by atoms with Gasteiger partial charge in [0.2, 0.25) is 5.91 Å². The van der Waals surface area contributed by atoms with Crippen molar-refractivity contribution in [3.8, 4) is 0 Å². The smallest absolute Gasteiger partial charge is 0.317 e. The van der Waals surface area contributed by atoms with Gasteiger partial charge in [-0.1, -0.05) is 6.08 Å². The molecule has 2 N–H and O–H groups in total. The number of carbonyl (C=O) groups excluding carboxylic acids is 2. The molecule has 3 aliphatic heterocycles. The van der Waals surface area contributed by atoms with E-state index in [4.69, 9.17) is 4.74 Å². The summed E-state index contributed by atoms with van der Waals surface area (Å²) in [5.74, 6) is 0.835. The first-order valence-electron chi connectivity index (χ1n) is 9.33. The fourth-order valence-electron chi connectivity index (χ4n) is 4.17. The van der Waals surface area contributed by atoms with Gasteiger partial charge in [0.15, 0.2) is 0 Å². The third-order valence-electron chi connectivity index (χ3n) is 5.49. The highest BCUT2D eigenvalue weighted by Crippen LogP contribution is 2.33. The lowest BCUT2D eigenvalue weighted by Crippen LogP contribution is -2.65. The third-order valence-corrected chi connectivity index (χ3v) is 5.49. The van der Waals surface area contributed by atoms with E-state index in [-0.39, 0.29) is 24.2 Å². The Morgan fingerprint density at radius 3 is 2.76 bits per heavy atom. The molecule has 3 heterocycles. The fourth-order valence-corrected chi connectivity index (χ4v) is 4.17. The van der Waals surface area contributed by atoms with E-state index in [1.807, 2.05) is 30.0 Å². The van der Waals surface area contributed by atoms with Gasteiger partial charge in [-0.2, -0.15) is 0 Å².